The lowest BCUT2D eigenvalue weighted by molar-refractivity contribution is 0.589. The van der Waals surface area contributed by atoms with Crippen LogP contribution in [0.4, 0.5) is 4.39 Å². The molecule has 2 aromatic carbocycles. The van der Waals surface area contributed by atoms with Crippen LogP contribution >= 0.6 is 0 Å². The van der Waals surface area contributed by atoms with Gasteiger partial charge in [-0.3, -0.25) is 0 Å². The molecule has 0 aliphatic rings. The Balaban J connectivity index is 2.20. The van der Waals surface area contributed by atoms with Crippen molar-refractivity contribution in [2.75, 3.05) is 5.75 Å². The molecule has 2 nitrogen and oxygen atoms in total. The van der Waals surface area contributed by atoms with Crippen molar-refractivity contribution in [2.45, 2.75) is 44.4 Å². The molecule has 0 spiro atoms. The molecule has 0 saturated heterocycles. The van der Waals surface area contributed by atoms with Gasteiger partial charge in [-0.1, -0.05) is 44.4 Å². The van der Waals surface area contributed by atoms with E-state index in [0.717, 1.165) is 36.0 Å². The standard InChI is InChI=1S/C19H23FO2S/c1-3-4-5-6-13-23(21,22)18-11-12-19(15(2)14-18)16-7-9-17(20)10-8-16/h7-12,14H,3-6,13H2,1-2H3. The fourth-order valence-electron chi connectivity index (χ4n) is 2.62. The topological polar surface area (TPSA) is 34.1 Å². The molecule has 0 saturated carbocycles. The van der Waals surface area contributed by atoms with Gasteiger partial charge in [0, 0.05) is 0 Å². The highest BCUT2D eigenvalue weighted by atomic mass is 32.2. The zero-order valence-corrected chi connectivity index (χ0v) is 14.5. The Morgan fingerprint density at radius 2 is 1.65 bits per heavy atom. The average Bonchev–Trinajstić information content (AvgIpc) is 2.52. The maximum absolute atomic E-state index is 13.0. The van der Waals surface area contributed by atoms with Gasteiger partial charge >= 0.3 is 0 Å². The van der Waals surface area contributed by atoms with Gasteiger partial charge in [0.15, 0.2) is 9.84 Å². The molecule has 0 aliphatic carbocycles. The van der Waals surface area contributed by atoms with Crippen LogP contribution in [0.2, 0.25) is 0 Å². The van der Waals surface area contributed by atoms with Crippen molar-refractivity contribution in [1.82, 2.24) is 0 Å². The van der Waals surface area contributed by atoms with Crippen LogP contribution in [0.25, 0.3) is 11.1 Å². The van der Waals surface area contributed by atoms with Crippen molar-refractivity contribution < 1.29 is 12.8 Å². The van der Waals surface area contributed by atoms with Crippen LogP contribution in [-0.4, -0.2) is 14.2 Å². The molecule has 0 N–H and O–H groups in total. The van der Waals surface area contributed by atoms with Crippen molar-refractivity contribution in [3.8, 4) is 11.1 Å². The molecular formula is C19H23FO2S. The minimum Gasteiger partial charge on any atom is -0.224 e. The summed E-state index contributed by atoms with van der Waals surface area (Å²) in [7, 11) is -3.23. The SMILES string of the molecule is CCCCCCS(=O)(=O)c1ccc(-c2ccc(F)cc2)c(C)c1. The Morgan fingerprint density at radius 3 is 2.26 bits per heavy atom. The number of aryl methyl sites for hydroxylation is 1. The van der Waals surface area contributed by atoms with E-state index >= 15 is 0 Å². The first-order chi connectivity index (χ1) is 10.9. The van der Waals surface area contributed by atoms with E-state index in [0.29, 0.717) is 11.3 Å². The van der Waals surface area contributed by atoms with Crippen molar-refractivity contribution in [1.29, 1.82) is 0 Å². The van der Waals surface area contributed by atoms with Crippen LogP contribution in [0.5, 0.6) is 0 Å². The molecule has 124 valence electrons. The van der Waals surface area contributed by atoms with Gasteiger partial charge in [-0.2, -0.15) is 0 Å². The van der Waals surface area contributed by atoms with E-state index in [1.807, 2.05) is 13.0 Å². The average molecular weight is 334 g/mol. The third-order valence-corrected chi connectivity index (χ3v) is 5.78. The number of rotatable bonds is 7. The summed E-state index contributed by atoms with van der Waals surface area (Å²) in [6.07, 6.45) is 3.81. The Bertz CT molecular complexity index is 749. The number of sulfone groups is 1. The van der Waals surface area contributed by atoms with Gasteiger partial charge in [-0.05, 0) is 54.3 Å². The fraction of sp³-hybridized carbons (Fsp3) is 0.368. The first-order valence-electron chi connectivity index (χ1n) is 8.03. The molecule has 0 radical (unpaired) electrons. The lowest BCUT2D eigenvalue weighted by Gasteiger charge is -2.10. The van der Waals surface area contributed by atoms with E-state index in [1.54, 1.807) is 24.3 Å². The number of benzene rings is 2. The second kappa shape index (κ2) is 7.73. The summed E-state index contributed by atoms with van der Waals surface area (Å²) in [5, 5.41) is 0. The van der Waals surface area contributed by atoms with Gasteiger partial charge in [0.25, 0.3) is 0 Å². The molecule has 0 aromatic heterocycles. The van der Waals surface area contributed by atoms with Gasteiger partial charge in [0.05, 0.1) is 10.6 Å². The minimum absolute atomic E-state index is 0.197. The summed E-state index contributed by atoms with van der Waals surface area (Å²) in [5.74, 6) is -0.0832. The quantitative estimate of drug-likeness (QED) is 0.656. The van der Waals surface area contributed by atoms with E-state index in [-0.39, 0.29) is 11.6 Å². The molecule has 0 atom stereocenters. The van der Waals surface area contributed by atoms with E-state index < -0.39 is 9.84 Å². The summed E-state index contributed by atoms with van der Waals surface area (Å²) in [4.78, 5) is 0.373. The summed E-state index contributed by atoms with van der Waals surface area (Å²) < 4.78 is 37.8. The molecule has 2 aromatic rings. The van der Waals surface area contributed by atoms with Gasteiger partial charge in [-0.25, -0.2) is 12.8 Å². The third kappa shape index (κ3) is 4.64. The van der Waals surface area contributed by atoms with E-state index in [1.165, 1.54) is 12.1 Å². The zero-order valence-electron chi connectivity index (χ0n) is 13.7. The normalized spacial score (nSPS) is 11.6. The van der Waals surface area contributed by atoms with Crippen LogP contribution < -0.4 is 0 Å². The zero-order chi connectivity index (χ0) is 16.9. The lowest BCUT2D eigenvalue weighted by atomic mass is 10.0. The number of hydrogen-bond acceptors (Lipinski definition) is 2. The first-order valence-corrected chi connectivity index (χ1v) is 9.68. The molecule has 0 bridgehead atoms. The second-order valence-corrected chi connectivity index (χ2v) is 7.97. The van der Waals surface area contributed by atoms with Gasteiger partial charge < -0.3 is 0 Å². The van der Waals surface area contributed by atoms with Crippen LogP contribution in [0.15, 0.2) is 47.4 Å². The van der Waals surface area contributed by atoms with Crippen molar-refractivity contribution in [3.63, 3.8) is 0 Å². The maximum atomic E-state index is 13.0. The summed E-state index contributed by atoms with van der Waals surface area (Å²) >= 11 is 0. The predicted octanol–water partition coefficient (Wildman–Crippen LogP) is 5.16. The predicted molar refractivity (Wildman–Crippen MR) is 92.8 cm³/mol. The Morgan fingerprint density at radius 1 is 0.957 bits per heavy atom. The van der Waals surface area contributed by atoms with Crippen LogP contribution in [0, 0.1) is 12.7 Å². The van der Waals surface area contributed by atoms with Crippen molar-refractivity contribution in [3.05, 3.63) is 53.8 Å². The largest absolute Gasteiger partial charge is 0.224 e. The van der Waals surface area contributed by atoms with E-state index in [9.17, 15) is 12.8 Å². The van der Waals surface area contributed by atoms with E-state index in [4.69, 9.17) is 0 Å². The van der Waals surface area contributed by atoms with Crippen LogP contribution in [0.3, 0.4) is 0 Å². The number of halogens is 1. The molecule has 0 amide bonds. The fourth-order valence-corrected chi connectivity index (χ4v) is 4.07. The number of hydrogen-bond donors (Lipinski definition) is 0. The molecular weight excluding hydrogens is 311 g/mol. The minimum atomic E-state index is -3.23. The molecule has 0 aliphatic heterocycles. The summed E-state index contributed by atoms with van der Waals surface area (Å²) in [5.41, 5.74) is 2.69. The number of unbranched alkanes of at least 4 members (excludes halogenated alkanes) is 3. The Labute approximate surface area is 138 Å². The van der Waals surface area contributed by atoms with Gasteiger partial charge in [0.1, 0.15) is 5.82 Å². The Kier molecular flexibility index (Phi) is 5.94. The first kappa shape index (κ1) is 17.7. The maximum Gasteiger partial charge on any atom is 0.178 e. The van der Waals surface area contributed by atoms with Gasteiger partial charge in [-0.15, -0.1) is 0 Å². The Hall–Kier alpha value is -1.68. The smallest absolute Gasteiger partial charge is 0.178 e. The highest BCUT2D eigenvalue weighted by molar-refractivity contribution is 7.91. The molecule has 2 rings (SSSR count). The molecule has 4 heteroatoms. The second-order valence-electron chi connectivity index (χ2n) is 5.86. The van der Waals surface area contributed by atoms with Crippen LogP contribution in [-0.2, 0) is 9.84 Å². The lowest BCUT2D eigenvalue weighted by Crippen LogP contribution is -2.07. The molecule has 0 heterocycles. The highest BCUT2D eigenvalue weighted by Gasteiger charge is 2.15. The van der Waals surface area contributed by atoms with Crippen molar-refractivity contribution >= 4 is 9.84 Å². The van der Waals surface area contributed by atoms with Crippen molar-refractivity contribution in [2.24, 2.45) is 0 Å². The molecule has 0 fully saturated rings. The summed E-state index contributed by atoms with van der Waals surface area (Å²) in [6, 6.07) is 11.4. The monoisotopic (exact) mass is 334 g/mol. The molecule has 23 heavy (non-hydrogen) atoms. The summed E-state index contributed by atoms with van der Waals surface area (Å²) in [6.45, 7) is 3.99. The van der Waals surface area contributed by atoms with E-state index in [2.05, 4.69) is 6.92 Å². The highest BCUT2D eigenvalue weighted by Crippen LogP contribution is 2.26. The van der Waals surface area contributed by atoms with Gasteiger partial charge in [0.2, 0.25) is 0 Å². The third-order valence-electron chi connectivity index (χ3n) is 3.98. The van der Waals surface area contributed by atoms with Crippen LogP contribution in [0.1, 0.15) is 38.2 Å². The molecule has 0 unspecified atom stereocenters.